The van der Waals surface area contributed by atoms with E-state index in [2.05, 4.69) is 14.9 Å². The molecule has 1 saturated carbocycles. The maximum atomic E-state index is 13.5. The van der Waals surface area contributed by atoms with Crippen LogP contribution in [0.1, 0.15) is 18.4 Å². The molecule has 1 aromatic heterocycles. The van der Waals surface area contributed by atoms with E-state index in [9.17, 15) is 9.50 Å². The first-order valence-electron chi connectivity index (χ1n) is 10.7. The van der Waals surface area contributed by atoms with Crippen molar-refractivity contribution in [2.75, 3.05) is 39.4 Å². The predicted molar refractivity (Wildman–Crippen MR) is 107 cm³/mol. The van der Waals surface area contributed by atoms with Gasteiger partial charge in [-0.1, -0.05) is 6.07 Å². The highest BCUT2D eigenvalue weighted by Gasteiger charge is 2.43. The Bertz CT molecular complexity index is 838. The number of morpholine rings is 1. The lowest BCUT2D eigenvalue weighted by atomic mass is 9.77. The Morgan fingerprint density at radius 2 is 1.93 bits per heavy atom. The van der Waals surface area contributed by atoms with Gasteiger partial charge in [0.2, 0.25) is 0 Å². The zero-order valence-electron chi connectivity index (χ0n) is 16.7. The van der Waals surface area contributed by atoms with Gasteiger partial charge in [-0.15, -0.1) is 0 Å². The molecule has 2 aliphatic heterocycles. The van der Waals surface area contributed by atoms with E-state index in [-0.39, 0.29) is 18.0 Å². The quantitative estimate of drug-likeness (QED) is 0.850. The van der Waals surface area contributed by atoms with Crippen molar-refractivity contribution in [1.29, 1.82) is 0 Å². The summed E-state index contributed by atoms with van der Waals surface area (Å²) in [4.78, 5) is 4.91. The third-order valence-electron chi connectivity index (χ3n) is 6.81. The van der Waals surface area contributed by atoms with Crippen molar-refractivity contribution in [1.82, 2.24) is 19.6 Å². The maximum Gasteiger partial charge on any atom is 0.125 e. The molecule has 7 heteroatoms. The zero-order valence-corrected chi connectivity index (χ0v) is 16.7. The fraction of sp³-hybridized carbons (Fsp3) is 0.591. The molecule has 29 heavy (non-hydrogen) atoms. The average Bonchev–Trinajstić information content (AvgIpc) is 3.34. The molecule has 5 rings (SSSR count). The average molecular weight is 400 g/mol. The van der Waals surface area contributed by atoms with Gasteiger partial charge in [0.25, 0.3) is 0 Å². The van der Waals surface area contributed by atoms with Crippen molar-refractivity contribution >= 4 is 0 Å². The summed E-state index contributed by atoms with van der Waals surface area (Å²) >= 11 is 0. The van der Waals surface area contributed by atoms with Crippen molar-refractivity contribution < 1.29 is 14.2 Å². The Kier molecular flexibility index (Phi) is 5.39. The summed E-state index contributed by atoms with van der Waals surface area (Å²) in [6, 6.07) is 6.77. The van der Waals surface area contributed by atoms with Gasteiger partial charge in [-0.25, -0.2) is 9.07 Å². The van der Waals surface area contributed by atoms with Gasteiger partial charge in [0, 0.05) is 50.5 Å². The highest BCUT2D eigenvalue weighted by atomic mass is 19.1. The first-order chi connectivity index (χ1) is 14.2. The molecule has 6 nitrogen and oxygen atoms in total. The van der Waals surface area contributed by atoms with E-state index in [1.807, 2.05) is 18.5 Å². The van der Waals surface area contributed by atoms with Crippen LogP contribution in [-0.2, 0) is 11.3 Å². The van der Waals surface area contributed by atoms with Crippen LogP contribution in [-0.4, -0.2) is 76.2 Å². The Morgan fingerprint density at radius 3 is 2.72 bits per heavy atom. The van der Waals surface area contributed by atoms with E-state index in [0.717, 1.165) is 70.0 Å². The molecule has 2 saturated heterocycles. The lowest BCUT2D eigenvalue weighted by Gasteiger charge is -2.43. The van der Waals surface area contributed by atoms with Gasteiger partial charge in [0.05, 0.1) is 31.2 Å². The number of likely N-dealkylation sites (tertiary alicyclic amines) is 1. The summed E-state index contributed by atoms with van der Waals surface area (Å²) < 4.78 is 20.7. The number of hydrogen-bond donors (Lipinski definition) is 1. The molecule has 2 aromatic rings. The second-order valence-electron chi connectivity index (χ2n) is 8.74. The molecular weight excluding hydrogens is 371 g/mol. The fourth-order valence-electron chi connectivity index (χ4n) is 5.39. The standard InChI is InChI=1S/C22H29FN4O2/c23-19-2-1-3-20(10-19)27-13-16(11-24-27)12-25-14-17-8-21(22(28)9-18(17)15-25)26-4-6-29-7-5-26/h1-3,10-11,13,17-18,21-22,28H,4-9,12,14-15H2/t17-,18+,21-,22-/m1/s1. The van der Waals surface area contributed by atoms with Crippen LogP contribution in [0.25, 0.3) is 5.69 Å². The Morgan fingerprint density at radius 1 is 1.14 bits per heavy atom. The smallest absolute Gasteiger partial charge is 0.125 e. The summed E-state index contributed by atoms with van der Waals surface area (Å²) in [5.41, 5.74) is 1.88. The van der Waals surface area contributed by atoms with Crippen LogP contribution in [0.15, 0.2) is 36.7 Å². The van der Waals surface area contributed by atoms with E-state index in [0.29, 0.717) is 11.8 Å². The van der Waals surface area contributed by atoms with Crippen LogP contribution < -0.4 is 0 Å². The Balaban J connectivity index is 1.21. The fourth-order valence-corrected chi connectivity index (χ4v) is 5.39. The molecule has 0 bridgehead atoms. The molecule has 1 aromatic carbocycles. The molecule has 0 radical (unpaired) electrons. The number of nitrogens with zero attached hydrogens (tertiary/aromatic N) is 4. The van der Waals surface area contributed by atoms with E-state index < -0.39 is 0 Å². The molecule has 0 amide bonds. The predicted octanol–water partition coefficient (Wildman–Crippen LogP) is 1.91. The second kappa shape index (κ2) is 8.14. The third-order valence-corrected chi connectivity index (χ3v) is 6.81. The van der Waals surface area contributed by atoms with Gasteiger partial charge in [-0.3, -0.25) is 9.80 Å². The number of aromatic nitrogens is 2. The number of benzene rings is 1. The first kappa shape index (κ1) is 19.2. The molecule has 3 aliphatic rings. The minimum absolute atomic E-state index is 0.231. The second-order valence-corrected chi connectivity index (χ2v) is 8.74. The molecule has 1 N–H and O–H groups in total. The van der Waals surface area contributed by atoms with Gasteiger partial charge in [-0.2, -0.15) is 5.10 Å². The van der Waals surface area contributed by atoms with Crippen molar-refractivity contribution in [3.05, 3.63) is 48.0 Å². The van der Waals surface area contributed by atoms with E-state index >= 15 is 0 Å². The first-order valence-corrected chi connectivity index (χ1v) is 10.7. The van der Waals surface area contributed by atoms with Gasteiger partial charge in [0.1, 0.15) is 5.82 Å². The van der Waals surface area contributed by atoms with Gasteiger partial charge < -0.3 is 9.84 Å². The lowest BCUT2D eigenvalue weighted by Crippen LogP contribution is -2.53. The molecular formula is C22H29FN4O2. The third kappa shape index (κ3) is 4.10. The Hall–Kier alpha value is -1.80. The summed E-state index contributed by atoms with van der Waals surface area (Å²) in [6.45, 7) is 6.37. The monoisotopic (exact) mass is 400 g/mol. The van der Waals surface area contributed by atoms with Crippen LogP contribution in [0.5, 0.6) is 0 Å². The van der Waals surface area contributed by atoms with Gasteiger partial charge in [0.15, 0.2) is 0 Å². The van der Waals surface area contributed by atoms with Crippen LogP contribution in [0.4, 0.5) is 4.39 Å². The number of aliphatic hydroxyl groups excluding tert-OH is 1. The molecule has 3 heterocycles. The van der Waals surface area contributed by atoms with Gasteiger partial charge >= 0.3 is 0 Å². The normalized spacial score (nSPS) is 31.1. The van der Waals surface area contributed by atoms with E-state index in [4.69, 9.17) is 4.74 Å². The lowest BCUT2D eigenvalue weighted by molar-refractivity contribution is -0.0520. The molecule has 156 valence electrons. The SMILES string of the molecule is O[C@@H]1C[C@H]2CN(Cc3cnn(-c4cccc(F)c4)c3)C[C@H]2C[C@H]1N1CCOCC1. The van der Waals surface area contributed by atoms with Crippen molar-refractivity contribution in [2.45, 2.75) is 31.5 Å². The largest absolute Gasteiger partial charge is 0.391 e. The van der Waals surface area contributed by atoms with Crippen molar-refractivity contribution in [3.63, 3.8) is 0 Å². The summed E-state index contributed by atoms with van der Waals surface area (Å²) in [5, 5.41) is 15.2. The number of hydrogen-bond acceptors (Lipinski definition) is 5. The van der Waals surface area contributed by atoms with Crippen molar-refractivity contribution in [3.8, 4) is 5.69 Å². The number of ether oxygens (including phenoxy) is 1. The number of rotatable bonds is 4. The number of aliphatic hydroxyl groups is 1. The summed E-state index contributed by atoms with van der Waals surface area (Å²) in [6.07, 6.45) is 5.60. The van der Waals surface area contributed by atoms with Gasteiger partial charge in [-0.05, 0) is 42.9 Å². The highest BCUT2D eigenvalue weighted by Crippen LogP contribution is 2.39. The number of halogens is 1. The van der Waals surface area contributed by atoms with E-state index in [1.165, 1.54) is 12.1 Å². The topological polar surface area (TPSA) is 53.8 Å². The van der Waals surface area contributed by atoms with Crippen LogP contribution in [0.2, 0.25) is 0 Å². The summed E-state index contributed by atoms with van der Waals surface area (Å²) in [7, 11) is 0. The Labute approximate surface area is 170 Å². The molecule has 4 atom stereocenters. The molecule has 1 aliphatic carbocycles. The molecule has 3 fully saturated rings. The zero-order chi connectivity index (χ0) is 19.8. The molecule has 0 spiro atoms. The van der Waals surface area contributed by atoms with Crippen LogP contribution in [0, 0.1) is 17.7 Å². The van der Waals surface area contributed by atoms with Crippen LogP contribution >= 0.6 is 0 Å². The van der Waals surface area contributed by atoms with Crippen LogP contribution in [0.3, 0.4) is 0 Å². The number of fused-ring (bicyclic) bond motifs is 1. The minimum atomic E-state index is -0.253. The van der Waals surface area contributed by atoms with Crippen molar-refractivity contribution in [2.24, 2.45) is 11.8 Å². The van der Waals surface area contributed by atoms with E-state index in [1.54, 1.807) is 10.7 Å². The molecule has 0 unspecified atom stereocenters. The minimum Gasteiger partial charge on any atom is -0.391 e. The summed E-state index contributed by atoms with van der Waals surface area (Å²) in [5.74, 6) is 0.960. The maximum absolute atomic E-state index is 13.5. The highest BCUT2D eigenvalue weighted by molar-refractivity contribution is 5.31.